The number of carboxylic acid groups (broad SMARTS) is 1. The van der Waals surface area contributed by atoms with Crippen LogP contribution in [-0.4, -0.2) is 49.8 Å². The lowest BCUT2D eigenvalue weighted by molar-refractivity contribution is -0.139. The number of nitrogens with zero attached hydrogens (tertiary/aromatic N) is 1. The van der Waals surface area contributed by atoms with Crippen molar-refractivity contribution in [3.05, 3.63) is 95.6 Å². The number of carbonyl (C=O) groups is 3. The molecule has 0 fully saturated rings. The van der Waals surface area contributed by atoms with Gasteiger partial charge >= 0.3 is 11.9 Å². The molecule has 37 heavy (non-hydrogen) atoms. The summed E-state index contributed by atoms with van der Waals surface area (Å²) < 4.78 is 16.3. The van der Waals surface area contributed by atoms with Gasteiger partial charge in [0.05, 0.1) is 25.0 Å². The Morgan fingerprint density at radius 2 is 1.73 bits per heavy atom. The number of anilines is 1. The fourth-order valence-electron chi connectivity index (χ4n) is 4.20. The molecule has 0 spiro atoms. The van der Waals surface area contributed by atoms with Crippen LogP contribution in [-0.2, 0) is 9.53 Å². The molecule has 0 aromatic heterocycles. The highest BCUT2D eigenvalue weighted by atomic mass is 16.5. The smallest absolute Gasteiger partial charge is 0.341 e. The number of esters is 1. The maximum atomic E-state index is 13.7. The van der Waals surface area contributed by atoms with E-state index in [2.05, 4.69) is 0 Å². The minimum atomic E-state index is -1.08. The molecule has 3 aromatic carbocycles. The van der Waals surface area contributed by atoms with E-state index in [0.717, 1.165) is 11.1 Å². The van der Waals surface area contributed by atoms with Gasteiger partial charge in [0.1, 0.15) is 0 Å². The zero-order valence-corrected chi connectivity index (χ0v) is 20.4. The summed E-state index contributed by atoms with van der Waals surface area (Å²) in [5.41, 5.74) is 2.93. The number of hydrogen-bond acceptors (Lipinski definition) is 6. The maximum Gasteiger partial charge on any atom is 0.341 e. The lowest BCUT2D eigenvalue weighted by atomic mass is 9.99. The summed E-state index contributed by atoms with van der Waals surface area (Å²) in [6.45, 7) is 0.192. The lowest BCUT2D eigenvalue weighted by Crippen LogP contribution is -2.33. The second kappa shape index (κ2) is 11.9. The van der Waals surface area contributed by atoms with E-state index >= 15 is 0 Å². The van der Waals surface area contributed by atoms with Gasteiger partial charge in [0, 0.05) is 24.1 Å². The van der Waals surface area contributed by atoms with E-state index in [9.17, 15) is 14.4 Å². The average molecular weight is 502 g/mol. The number of aliphatic carboxylic acids is 1. The summed E-state index contributed by atoms with van der Waals surface area (Å²) >= 11 is 0. The SMILES string of the molecule is COC(=O)c1ccccc1N(CCC1=CCCOc2c(OCC(=O)O)cccc21)C(=O)c1ccccc1. The van der Waals surface area contributed by atoms with Crippen LogP contribution in [0.25, 0.3) is 5.57 Å². The highest BCUT2D eigenvalue weighted by Crippen LogP contribution is 2.39. The van der Waals surface area contributed by atoms with Crippen LogP contribution >= 0.6 is 0 Å². The molecule has 4 rings (SSSR count). The molecule has 0 atom stereocenters. The van der Waals surface area contributed by atoms with Gasteiger partial charge in [-0.1, -0.05) is 48.5 Å². The number of amides is 1. The second-order valence-corrected chi connectivity index (χ2v) is 8.26. The molecule has 0 radical (unpaired) electrons. The zero-order chi connectivity index (χ0) is 26.2. The van der Waals surface area contributed by atoms with Gasteiger partial charge in [-0.2, -0.15) is 0 Å². The largest absolute Gasteiger partial charge is 0.489 e. The van der Waals surface area contributed by atoms with Crippen LogP contribution in [0.15, 0.2) is 78.9 Å². The Bertz CT molecular complexity index is 1320. The summed E-state index contributed by atoms with van der Waals surface area (Å²) in [7, 11) is 1.31. The molecular formula is C29H27NO7. The number of methoxy groups -OCH3 is 1. The van der Waals surface area contributed by atoms with Crippen LogP contribution in [0.1, 0.15) is 39.1 Å². The molecule has 1 heterocycles. The molecule has 0 saturated heterocycles. The summed E-state index contributed by atoms with van der Waals surface area (Å²) in [6, 6.07) is 21.1. The van der Waals surface area contributed by atoms with Crippen molar-refractivity contribution in [1.82, 2.24) is 0 Å². The Labute approximate surface area is 214 Å². The average Bonchev–Trinajstić information content (AvgIpc) is 3.14. The van der Waals surface area contributed by atoms with Crippen molar-refractivity contribution in [3.63, 3.8) is 0 Å². The van der Waals surface area contributed by atoms with Crippen LogP contribution < -0.4 is 14.4 Å². The normalized spacial score (nSPS) is 12.3. The van der Waals surface area contributed by atoms with Gasteiger partial charge < -0.3 is 24.2 Å². The molecule has 1 aliphatic rings. The van der Waals surface area contributed by atoms with Crippen molar-refractivity contribution >= 4 is 29.1 Å². The highest BCUT2D eigenvalue weighted by Gasteiger charge is 2.25. The van der Waals surface area contributed by atoms with Crippen molar-refractivity contribution < 1.29 is 33.7 Å². The van der Waals surface area contributed by atoms with Gasteiger partial charge in [-0.3, -0.25) is 4.79 Å². The molecule has 1 N–H and O–H groups in total. The third kappa shape index (κ3) is 5.98. The Morgan fingerprint density at radius 1 is 0.973 bits per heavy atom. The van der Waals surface area contributed by atoms with Crippen molar-refractivity contribution in [1.29, 1.82) is 0 Å². The third-order valence-electron chi connectivity index (χ3n) is 5.90. The van der Waals surface area contributed by atoms with Gasteiger partial charge in [-0.05, 0) is 42.3 Å². The van der Waals surface area contributed by atoms with E-state index in [0.29, 0.717) is 42.2 Å². The lowest BCUT2D eigenvalue weighted by Gasteiger charge is -2.26. The topological polar surface area (TPSA) is 102 Å². The monoisotopic (exact) mass is 501 g/mol. The van der Waals surface area contributed by atoms with Crippen molar-refractivity contribution in [3.8, 4) is 11.5 Å². The summed E-state index contributed by atoms with van der Waals surface area (Å²) in [5, 5.41) is 9.02. The van der Waals surface area contributed by atoms with Crippen LogP contribution in [0.4, 0.5) is 5.69 Å². The summed E-state index contributed by atoms with van der Waals surface area (Å²) in [4.78, 5) is 38.8. The minimum Gasteiger partial charge on any atom is -0.489 e. The van der Waals surface area contributed by atoms with E-state index in [-0.39, 0.29) is 18.0 Å². The Morgan fingerprint density at radius 3 is 2.49 bits per heavy atom. The number of ether oxygens (including phenoxy) is 3. The number of rotatable bonds is 9. The van der Waals surface area contributed by atoms with E-state index in [1.807, 2.05) is 18.2 Å². The molecule has 1 aliphatic heterocycles. The molecule has 0 saturated carbocycles. The number of carbonyl (C=O) groups excluding carboxylic acids is 2. The fourth-order valence-corrected chi connectivity index (χ4v) is 4.20. The standard InChI is InChI=1S/C29H27NO7/c1-35-29(34)23-12-5-6-14-24(23)30(28(33)21-9-3-2-4-10-21)17-16-20-11-8-18-36-27-22(20)13-7-15-25(27)37-19-26(31)32/h2-7,9-15H,8,16-19H2,1H3,(H,31,32). The first-order valence-electron chi connectivity index (χ1n) is 11.8. The molecular weight excluding hydrogens is 474 g/mol. The molecule has 3 aromatic rings. The first kappa shape index (κ1) is 25.5. The van der Waals surface area contributed by atoms with Gasteiger partial charge in [-0.15, -0.1) is 0 Å². The molecule has 190 valence electrons. The van der Waals surface area contributed by atoms with Crippen LogP contribution in [0, 0.1) is 0 Å². The molecule has 1 amide bonds. The van der Waals surface area contributed by atoms with Gasteiger partial charge in [0.2, 0.25) is 0 Å². The quantitative estimate of drug-likeness (QED) is 0.419. The molecule has 0 aliphatic carbocycles. The van der Waals surface area contributed by atoms with Crippen LogP contribution in [0.2, 0.25) is 0 Å². The first-order valence-corrected chi connectivity index (χ1v) is 11.8. The van der Waals surface area contributed by atoms with E-state index in [1.54, 1.807) is 65.6 Å². The second-order valence-electron chi connectivity index (χ2n) is 8.26. The van der Waals surface area contributed by atoms with Gasteiger partial charge in [0.15, 0.2) is 18.1 Å². The third-order valence-corrected chi connectivity index (χ3v) is 5.90. The van der Waals surface area contributed by atoms with Crippen molar-refractivity contribution in [2.24, 2.45) is 0 Å². The minimum absolute atomic E-state index is 0.249. The number of carboxylic acids is 1. The number of hydrogen-bond donors (Lipinski definition) is 1. The maximum absolute atomic E-state index is 13.7. The molecule has 8 heteroatoms. The number of benzene rings is 3. The number of para-hydroxylation sites is 2. The first-order chi connectivity index (χ1) is 18.0. The molecule has 0 unspecified atom stereocenters. The van der Waals surface area contributed by atoms with E-state index in [1.165, 1.54) is 7.11 Å². The predicted octanol–water partition coefficient (Wildman–Crippen LogP) is 4.84. The zero-order valence-electron chi connectivity index (χ0n) is 20.4. The summed E-state index contributed by atoms with van der Waals surface area (Å²) in [5.74, 6) is -1.04. The highest BCUT2D eigenvalue weighted by molar-refractivity contribution is 6.09. The van der Waals surface area contributed by atoms with E-state index in [4.69, 9.17) is 19.3 Å². The Kier molecular flexibility index (Phi) is 8.20. The Hall–Kier alpha value is -4.59. The molecule has 8 nitrogen and oxygen atoms in total. The fraction of sp³-hybridized carbons (Fsp3) is 0.207. The Balaban J connectivity index is 1.68. The van der Waals surface area contributed by atoms with Crippen LogP contribution in [0.3, 0.4) is 0 Å². The van der Waals surface area contributed by atoms with Crippen molar-refractivity contribution in [2.75, 3.05) is 31.8 Å². The van der Waals surface area contributed by atoms with Crippen molar-refractivity contribution in [2.45, 2.75) is 12.8 Å². The van der Waals surface area contributed by atoms with Gasteiger partial charge in [0.25, 0.3) is 5.91 Å². The van der Waals surface area contributed by atoms with Gasteiger partial charge in [-0.25, -0.2) is 9.59 Å². The van der Waals surface area contributed by atoms with E-state index < -0.39 is 18.5 Å². The summed E-state index contributed by atoms with van der Waals surface area (Å²) in [6.07, 6.45) is 3.13. The van der Waals surface area contributed by atoms with Crippen LogP contribution in [0.5, 0.6) is 11.5 Å². The predicted molar refractivity (Wildman–Crippen MR) is 138 cm³/mol. The number of fused-ring (bicyclic) bond motifs is 1. The molecule has 0 bridgehead atoms.